The molecule has 0 heterocycles. The molecule has 2 rings (SSSR count). The zero-order valence-corrected chi connectivity index (χ0v) is 14.9. The van der Waals surface area contributed by atoms with E-state index < -0.39 is 0 Å². The Morgan fingerprint density at radius 2 is 1.92 bits per heavy atom. The second-order valence-electron chi connectivity index (χ2n) is 5.65. The summed E-state index contributed by atoms with van der Waals surface area (Å²) >= 11 is 1.30. The number of nitrogens with one attached hydrogen (secondary N) is 2. The average Bonchev–Trinajstić information content (AvgIpc) is 2.59. The van der Waals surface area contributed by atoms with Gasteiger partial charge in [-0.2, -0.15) is 5.26 Å². The van der Waals surface area contributed by atoms with Crippen LogP contribution in [0.1, 0.15) is 29.8 Å². The molecule has 0 aliphatic rings. The summed E-state index contributed by atoms with van der Waals surface area (Å²) in [5.74, 6) is -0.178. The number of benzene rings is 2. The molecule has 0 fully saturated rings. The van der Waals surface area contributed by atoms with Crippen LogP contribution in [0.25, 0.3) is 0 Å². The molecule has 5 nitrogen and oxygen atoms in total. The molecule has 0 saturated carbocycles. The average molecular weight is 353 g/mol. The Labute approximate surface area is 151 Å². The molecular formula is C19H19N3O2S. The zero-order valence-electron chi connectivity index (χ0n) is 14.1. The van der Waals surface area contributed by atoms with Crippen LogP contribution in [-0.4, -0.2) is 23.6 Å². The second-order valence-corrected chi connectivity index (χ2v) is 6.67. The lowest BCUT2D eigenvalue weighted by Crippen LogP contribution is -2.30. The maximum atomic E-state index is 12.2. The van der Waals surface area contributed by atoms with Gasteiger partial charge in [0.1, 0.15) is 0 Å². The van der Waals surface area contributed by atoms with Crippen LogP contribution in [0.5, 0.6) is 0 Å². The third-order valence-corrected chi connectivity index (χ3v) is 4.26. The first-order valence-corrected chi connectivity index (χ1v) is 8.81. The molecule has 2 aromatic rings. The Morgan fingerprint density at radius 3 is 2.64 bits per heavy atom. The number of rotatable bonds is 6. The molecule has 0 radical (unpaired) electrons. The summed E-state index contributed by atoms with van der Waals surface area (Å²) in [4.78, 5) is 25.1. The first-order chi connectivity index (χ1) is 12.0. The van der Waals surface area contributed by atoms with Gasteiger partial charge < -0.3 is 10.6 Å². The van der Waals surface area contributed by atoms with Gasteiger partial charge in [-0.3, -0.25) is 9.59 Å². The van der Waals surface area contributed by atoms with Gasteiger partial charge in [0, 0.05) is 16.6 Å². The van der Waals surface area contributed by atoms with Crippen molar-refractivity contribution in [2.75, 3.05) is 11.1 Å². The quantitative estimate of drug-likeness (QED) is 0.780. The highest BCUT2D eigenvalue weighted by Crippen LogP contribution is 2.23. The smallest absolute Gasteiger partial charge is 0.252 e. The van der Waals surface area contributed by atoms with Crippen molar-refractivity contribution in [3.05, 3.63) is 59.7 Å². The van der Waals surface area contributed by atoms with Gasteiger partial charge in [0.15, 0.2) is 0 Å². The van der Waals surface area contributed by atoms with E-state index in [1.54, 1.807) is 36.4 Å². The lowest BCUT2D eigenvalue weighted by Gasteiger charge is -2.12. The van der Waals surface area contributed by atoms with Crippen LogP contribution >= 0.6 is 11.8 Å². The number of nitriles is 1. The van der Waals surface area contributed by atoms with Crippen molar-refractivity contribution in [2.24, 2.45) is 0 Å². The molecular weight excluding hydrogens is 334 g/mol. The van der Waals surface area contributed by atoms with E-state index in [2.05, 4.69) is 10.6 Å². The molecule has 25 heavy (non-hydrogen) atoms. The van der Waals surface area contributed by atoms with E-state index in [0.717, 1.165) is 4.90 Å². The molecule has 6 heteroatoms. The zero-order chi connectivity index (χ0) is 18.2. The Morgan fingerprint density at radius 1 is 1.16 bits per heavy atom. The summed E-state index contributed by atoms with van der Waals surface area (Å²) in [5.41, 5.74) is 1.62. The maximum Gasteiger partial charge on any atom is 0.252 e. The van der Waals surface area contributed by atoms with Crippen LogP contribution in [0.2, 0.25) is 0 Å². The van der Waals surface area contributed by atoms with Gasteiger partial charge in [0.05, 0.1) is 22.9 Å². The fourth-order valence-electron chi connectivity index (χ4n) is 2.13. The van der Waals surface area contributed by atoms with E-state index in [9.17, 15) is 9.59 Å². The van der Waals surface area contributed by atoms with Gasteiger partial charge in [-0.05, 0) is 44.2 Å². The first-order valence-electron chi connectivity index (χ1n) is 7.82. The van der Waals surface area contributed by atoms with E-state index in [-0.39, 0.29) is 23.6 Å². The molecule has 128 valence electrons. The van der Waals surface area contributed by atoms with Crippen LogP contribution in [0.4, 0.5) is 5.69 Å². The van der Waals surface area contributed by atoms with E-state index in [1.165, 1.54) is 11.8 Å². The number of anilines is 1. The Hall–Kier alpha value is -2.78. The number of hydrogen-bond donors (Lipinski definition) is 2. The third-order valence-electron chi connectivity index (χ3n) is 3.19. The monoisotopic (exact) mass is 353 g/mol. The third kappa shape index (κ3) is 5.66. The van der Waals surface area contributed by atoms with Gasteiger partial charge >= 0.3 is 0 Å². The summed E-state index contributed by atoms with van der Waals surface area (Å²) in [7, 11) is 0. The standard InChI is InChI=1S/C19H19N3O2S/c1-13(2)21-19(24)16-8-3-4-9-17(16)25-12-18(23)22-15-7-5-6-14(10-15)11-20/h3-10,13H,12H2,1-2H3,(H,21,24)(H,22,23). The molecule has 0 aliphatic carbocycles. The predicted octanol–water partition coefficient (Wildman–Crippen LogP) is 3.43. The molecule has 0 saturated heterocycles. The van der Waals surface area contributed by atoms with Crippen molar-refractivity contribution in [3.8, 4) is 6.07 Å². The minimum atomic E-state index is -0.195. The summed E-state index contributed by atoms with van der Waals surface area (Å²) in [6.07, 6.45) is 0. The highest BCUT2D eigenvalue weighted by atomic mass is 32.2. The van der Waals surface area contributed by atoms with Crippen molar-refractivity contribution in [1.29, 1.82) is 5.26 Å². The van der Waals surface area contributed by atoms with Gasteiger partial charge in [-0.15, -0.1) is 11.8 Å². The maximum absolute atomic E-state index is 12.2. The van der Waals surface area contributed by atoms with E-state index >= 15 is 0 Å². The molecule has 0 bridgehead atoms. The highest BCUT2D eigenvalue weighted by molar-refractivity contribution is 8.00. The Bertz CT molecular complexity index is 812. The Kier molecular flexibility index (Phi) is 6.61. The van der Waals surface area contributed by atoms with Crippen LogP contribution in [-0.2, 0) is 4.79 Å². The van der Waals surface area contributed by atoms with Crippen LogP contribution in [0.3, 0.4) is 0 Å². The fraction of sp³-hybridized carbons (Fsp3) is 0.211. The summed E-state index contributed by atoms with van der Waals surface area (Å²) in [5, 5.41) is 14.5. The molecule has 0 aliphatic heterocycles. The first kappa shape index (κ1) is 18.6. The van der Waals surface area contributed by atoms with Gasteiger partial charge in [0.25, 0.3) is 5.91 Å². The molecule has 0 aromatic heterocycles. The normalized spacial score (nSPS) is 10.2. The van der Waals surface area contributed by atoms with Gasteiger partial charge in [-0.25, -0.2) is 0 Å². The van der Waals surface area contributed by atoms with E-state index in [1.807, 2.05) is 32.0 Å². The number of carbonyl (C=O) groups is 2. The van der Waals surface area contributed by atoms with Crippen molar-refractivity contribution in [2.45, 2.75) is 24.8 Å². The molecule has 2 amide bonds. The summed E-state index contributed by atoms with van der Waals surface area (Å²) < 4.78 is 0. The van der Waals surface area contributed by atoms with E-state index in [0.29, 0.717) is 16.8 Å². The second kappa shape index (κ2) is 8.90. The lowest BCUT2D eigenvalue weighted by atomic mass is 10.2. The number of nitrogens with zero attached hydrogens (tertiary/aromatic N) is 1. The van der Waals surface area contributed by atoms with Crippen LogP contribution in [0, 0.1) is 11.3 Å². The number of hydrogen-bond acceptors (Lipinski definition) is 4. The topological polar surface area (TPSA) is 82.0 Å². The van der Waals surface area contributed by atoms with E-state index in [4.69, 9.17) is 5.26 Å². The molecule has 2 N–H and O–H groups in total. The minimum absolute atomic E-state index is 0.0428. The van der Waals surface area contributed by atoms with Gasteiger partial charge in [-0.1, -0.05) is 18.2 Å². The van der Waals surface area contributed by atoms with Crippen molar-refractivity contribution >= 4 is 29.3 Å². The predicted molar refractivity (Wildman–Crippen MR) is 99.6 cm³/mol. The van der Waals surface area contributed by atoms with Gasteiger partial charge in [0.2, 0.25) is 5.91 Å². The molecule has 0 spiro atoms. The summed E-state index contributed by atoms with van der Waals surface area (Å²) in [6, 6.07) is 16.0. The fourth-order valence-corrected chi connectivity index (χ4v) is 2.98. The highest BCUT2D eigenvalue weighted by Gasteiger charge is 2.13. The molecule has 0 unspecified atom stereocenters. The molecule has 0 atom stereocenters. The lowest BCUT2D eigenvalue weighted by molar-refractivity contribution is -0.113. The number of thioether (sulfide) groups is 1. The molecule has 2 aromatic carbocycles. The largest absolute Gasteiger partial charge is 0.350 e. The SMILES string of the molecule is CC(C)NC(=O)c1ccccc1SCC(=O)Nc1cccc(C#N)c1. The summed E-state index contributed by atoms with van der Waals surface area (Å²) in [6.45, 7) is 3.80. The van der Waals surface area contributed by atoms with Crippen LogP contribution in [0.15, 0.2) is 53.4 Å². The van der Waals surface area contributed by atoms with Crippen molar-refractivity contribution in [3.63, 3.8) is 0 Å². The van der Waals surface area contributed by atoms with Crippen molar-refractivity contribution < 1.29 is 9.59 Å². The number of amides is 2. The minimum Gasteiger partial charge on any atom is -0.350 e. The Balaban J connectivity index is 2.00. The number of carbonyl (C=O) groups excluding carboxylic acids is 2. The van der Waals surface area contributed by atoms with Crippen LogP contribution < -0.4 is 10.6 Å². The van der Waals surface area contributed by atoms with Crippen molar-refractivity contribution in [1.82, 2.24) is 5.32 Å².